The molecule has 9 N–H and O–H groups in total. The highest BCUT2D eigenvalue weighted by Crippen LogP contribution is 2.37. The summed E-state index contributed by atoms with van der Waals surface area (Å²) >= 11 is 0. The van der Waals surface area contributed by atoms with E-state index in [1.54, 1.807) is 13.8 Å². The van der Waals surface area contributed by atoms with Crippen LogP contribution in [0.2, 0.25) is 0 Å². The van der Waals surface area contributed by atoms with E-state index in [0.29, 0.717) is 6.61 Å². The zero-order valence-electron chi connectivity index (χ0n) is 53.2. The van der Waals surface area contributed by atoms with Crippen LogP contribution in [0.5, 0.6) is 0 Å². The molecule has 3 aliphatic rings. The Morgan fingerprint density at radius 2 is 0.795 bits per heavy atom. The lowest BCUT2D eigenvalue weighted by Gasteiger charge is -2.50. The van der Waals surface area contributed by atoms with E-state index in [-0.39, 0.29) is 98.4 Å². The number of aliphatic hydroxyl groups excluding tert-OH is 9. The van der Waals surface area contributed by atoms with Crippen molar-refractivity contribution in [3.8, 4) is 0 Å². The highest BCUT2D eigenvalue weighted by Gasteiger charge is 2.56. The van der Waals surface area contributed by atoms with Gasteiger partial charge in [-0.15, -0.1) is 0 Å². The number of aliphatic hydroxyl groups is 9. The third-order valence-corrected chi connectivity index (χ3v) is 15.9. The molecule has 0 bridgehead atoms. The summed E-state index contributed by atoms with van der Waals surface area (Å²) in [5, 5.41) is 96.2. The smallest absolute Gasteiger partial charge is 0.187 e. The molecule has 0 aromatic carbocycles. The molecule has 3 fully saturated rings. The average molecular weight is 1300 g/mol. The van der Waals surface area contributed by atoms with Crippen LogP contribution in [0, 0.1) is 5.92 Å². The minimum atomic E-state index is -4.75. The maximum absolute atomic E-state index is 12.5. The largest absolute Gasteiger partial charge is 0.748 e. The van der Waals surface area contributed by atoms with Crippen LogP contribution in [0.4, 0.5) is 0 Å². The highest BCUT2D eigenvalue weighted by atomic mass is 32.2. The van der Waals surface area contributed by atoms with Crippen molar-refractivity contribution in [2.24, 2.45) is 5.92 Å². The summed E-state index contributed by atoms with van der Waals surface area (Å²) in [4.78, 5) is 0. The molecule has 0 aromatic rings. The van der Waals surface area contributed by atoms with E-state index in [9.17, 15) is 58.9 Å². The maximum Gasteiger partial charge on any atom is 0.187 e. The zero-order valence-corrected chi connectivity index (χ0v) is 54.0. The molecule has 28 heteroatoms. The number of hydrogen-bond acceptors (Lipinski definition) is 27. The van der Waals surface area contributed by atoms with E-state index in [1.807, 2.05) is 13.8 Å². The second kappa shape index (κ2) is 48.6. The lowest BCUT2D eigenvalue weighted by molar-refractivity contribution is -0.383. The summed E-state index contributed by atoms with van der Waals surface area (Å²) in [6.07, 6.45) is -2.55. The second-order valence-electron chi connectivity index (χ2n) is 23.5. The van der Waals surface area contributed by atoms with Crippen LogP contribution in [0.1, 0.15) is 137 Å². The molecule has 0 radical (unpaired) electrons. The first kappa shape index (κ1) is 81.2. The first-order valence-electron chi connectivity index (χ1n) is 32.4. The Bertz CT molecular complexity index is 1760. The Hall–Kier alpha value is -1.05. The predicted molar refractivity (Wildman–Crippen MR) is 317 cm³/mol. The van der Waals surface area contributed by atoms with Crippen molar-refractivity contribution >= 4 is 10.1 Å². The van der Waals surface area contributed by atoms with Crippen LogP contribution in [0.15, 0.2) is 0 Å². The van der Waals surface area contributed by atoms with Gasteiger partial charge in [0.1, 0.15) is 79.4 Å². The number of unbranched alkanes of at least 4 members (excludes halogenated alkanes) is 15. The van der Waals surface area contributed by atoms with Crippen molar-refractivity contribution in [1.82, 2.24) is 0 Å². The van der Waals surface area contributed by atoms with Crippen molar-refractivity contribution in [2.75, 3.05) is 131 Å². The first-order chi connectivity index (χ1) is 42.4. The summed E-state index contributed by atoms with van der Waals surface area (Å²) in [7, 11) is -4.75. The maximum atomic E-state index is 12.5. The fourth-order valence-corrected chi connectivity index (χ4v) is 11.4. The minimum Gasteiger partial charge on any atom is -0.748 e. The minimum absolute atomic E-state index is 0.000232. The molecule has 0 aromatic heterocycles. The number of hydrogen-bond donors (Lipinski definition) is 9. The normalized spacial score (nSPS) is 28.7. The quantitative estimate of drug-likeness (QED) is 0.0306. The Labute approximate surface area is 523 Å². The third-order valence-electron chi connectivity index (χ3n) is 15.1. The van der Waals surface area contributed by atoms with Gasteiger partial charge >= 0.3 is 0 Å². The lowest BCUT2D eigenvalue weighted by Crippen LogP contribution is -2.68. The Morgan fingerprint density at radius 3 is 1.23 bits per heavy atom. The molecule has 524 valence electrons. The van der Waals surface area contributed by atoms with E-state index in [2.05, 4.69) is 6.92 Å². The van der Waals surface area contributed by atoms with Crippen LogP contribution >= 0.6 is 0 Å². The van der Waals surface area contributed by atoms with E-state index in [1.165, 1.54) is 89.9 Å². The van der Waals surface area contributed by atoms with Crippen LogP contribution in [-0.4, -0.2) is 300 Å². The van der Waals surface area contributed by atoms with E-state index < -0.39 is 153 Å². The van der Waals surface area contributed by atoms with Crippen LogP contribution in [0.25, 0.3) is 0 Å². The van der Waals surface area contributed by atoms with Crippen molar-refractivity contribution in [1.29, 1.82) is 0 Å². The van der Waals surface area contributed by atoms with Crippen molar-refractivity contribution < 1.29 is 130 Å². The molecule has 0 aliphatic carbocycles. The summed E-state index contributed by atoms with van der Waals surface area (Å²) in [5.41, 5.74) is 0. The molecule has 27 nitrogen and oxygen atoms in total. The molecular formula is C60H115O27S-. The molecule has 88 heavy (non-hydrogen) atoms. The topological polar surface area (TPSA) is 378 Å². The van der Waals surface area contributed by atoms with Gasteiger partial charge < -0.3 is 122 Å². The van der Waals surface area contributed by atoms with Crippen molar-refractivity contribution in [3.05, 3.63) is 0 Å². The second-order valence-corrected chi connectivity index (χ2v) is 24.9. The monoisotopic (exact) mass is 1300 g/mol. The molecule has 17 unspecified atom stereocenters. The van der Waals surface area contributed by atoms with Crippen molar-refractivity contribution in [2.45, 2.75) is 248 Å². The van der Waals surface area contributed by atoms with E-state index in [0.717, 1.165) is 12.8 Å². The first-order valence-corrected chi connectivity index (χ1v) is 34.0. The molecule has 3 rings (SSSR count). The summed E-state index contributed by atoms with van der Waals surface area (Å²) in [6, 6.07) is 0. The van der Waals surface area contributed by atoms with Gasteiger partial charge in [0.25, 0.3) is 0 Å². The predicted octanol–water partition coefficient (Wildman–Crippen LogP) is 1.26. The molecule has 3 saturated heterocycles. The lowest BCUT2D eigenvalue weighted by atomic mass is 9.89. The fourth-order valence-electron chi connectivity index (χ4n) is 10.8. The summed E-state index contributed by atoms with van der Waals surface area (Å²) in [6.45, 7) is 5.83. The van der Waals surface area contributed by atoms with Crippen LogP contribution in [0.3, 0.4) is 0 Å². The van der Waals surface area contributed by atoms with Gasteiger partial charge in [-0.2, -0.15) is 0 Å². The van der Waals surface area contributed by atoms with Gasteiger partial charge in [-0.05, 0) is 26.2 Å². The highest BCUT2D eigenvalue weighted by molar-refractivity contribution is 7.85. The van der Waals surface area contributed by atoms with E-state index in [4.69, 9.17) is 71.1 Å². The average Bonchev–Trinajstić information content (AvgIpc) is 1.29. The Balaban J connectivity index is 1.72. The number of rotatable bonds is 55. The van der Waals surface area contributed by atoms with Gasteiger partial charge in [-0.1, -0.05) is 117 Å². The van der Waals surface area contributed by atoms with Gasteiger partial charge in [-0.25, -0.2) is 8.42 Å². The van der Waals surface area contributed by atoms with Crippen molar-refractivity contribution in [3.63, 3.8) is 0 Å². The SMILES string of the molecule is CCCCCCCCCCCCCCCCCCOCC(O)COCCOCC1OC(C(C)C)C(OCCO)C(O)C1OC1OC(COCCOCC(O)CS(=O)(=O)[O-])C(OC2OC(COCCO)C(OC(C)C)C(O)C2OCCO)C(O)C1OCCO. The molecule has 17 atom stereocenters. The van der Waals surface area contributed by atoms with Gasteiger partial charge in [0.2, 0.25) is 0 Å². The van der Waals surface area contributed by atoms with Gasteiger partial charge in [0.15, 0.2) is 12.6 Å². The van der Waals surface area contributed by atoms with Gasteiger partial charge in [0.05, 0.1) is 153 Å². The standard InChI is InChI=1S/C60H116O27S/c1-6-7-8-9-10-11-12-13-14-15-16-17-18-19-20-21-26-73-35-44(65)36-75-31-33-77-38-46-54(49(67)56(79-28-23-62)52(83-46)42(2)3)86-60-58(81-30-25-64)51(69)55(48(85-60)40-78-34-32-76-37-45(66)41-88(70,71)72)87-59-57(80-29-24-63)50(68)53(82-43(4)5)47(84-59)39-74-27-22-61/h42-69H,6-41H2,1-5H3,(H,70,71,72)/p-1. The molecular weight excluding hydrogens is 1180 g/mol. The summed E-state index contributed by atoms with van der Waals surface area (Å²) in [5.74, 6) is -1.31. The summed E-state index contributed by atoms with van der Waals surface area (Å²) < 4.78 is 124. The van der Waals surface area contributed by atoms with E-state index >= 15 is 0 Å². The van der Waals surface area contributed by atoms with Gasteiger partial charge in [-0.3, -0.25) is 0 Å². The zero-order chi connectivity index (χ0) is 64.5. The van der Waals surface area contributed by atoms with Gasteiger partial charge in [0, 0.05) is 6.61 Å². The van der Waals surface area contributed by atoms with Crippen LogP contribution in [-0.2, 0) is 81.2 Å². The molecule has 3 heterocycles. The molecule has 0 amide bonds. The molecule has 0 saturated carbocycles. The van der Waals surface area contributed by atoms with Crippen LogP contribution < -0.4 is 0 Å². The molecule has 0 spiro atoms. The Morgan fingerprint density at radius 1 is 0.432 bits per heavy atom. The Kier molecular flexibility index (Phi) is 44.9. The third kappa shape index (κ3) is 32.9. The number of ether oxygens (including phenoxy) is 15. The fraction of sp³-hybridized carbons (Fsp3) is 1.00. The molecule has 3 aliphatic heterocycles.